The minimum Gasteiger partial charge on any atom is -0.478 e. The molecule has 0 heterocycles. The third kappa shape index (κ3) is 3.27. The van der Waals surface area contributed by atoms with Crippen LogP contribution in [0.4, 0.5) is 8.78 Å². The van der Waals surface area contributed by atoms with E-state index in [0.29, 0.717) is 0 Å². The Labute approximate surface area is 108 Å². The van der Waals surface area contributed by atoms with Gasteiger partial charge in [-0.1, -0.05) is 12.1 Å². The summed E-state index contributed by atoms with van der Waals surface area (Å²) in [6.45, 7) is 0.209. The maximum Gasteiger partial charge on any atom is 0.335 e. The number of halogens is 2. The Kier molecular flexibility index (Phi) is 3.50. The van der Waals surface area contributed by atoms with Gasteiger partial charge in [0.25, 0.3) is 0 Å². The number of carbonyl (C=O) groups is 2. The van der Waals surface area contributed by atoms with Gasteiger partial charge in [-0.3, -0.25) is 4.79 Å². The van der Waals surface area contributed by atoms with Gasteiger partial charge in [0, 0.05) is 25.3 Å². The quantitative estimate of drug-likeness (QED) is 0.879. The molecule has 1 fully saturated rings. The molecule has 1 amide bonds. The van der Waals surface area contributed by atoms with Gasteiger partial charge in [-0.15, -0.1) is 0 Å². The van der Waals surface area contributed by atoms with Crippen molar-refractivity contribution in [1.82, 2.24) is 5.32 Å². The van der Waals surface area contributed by atoms with Crippen LogP contribution in [-0.4, -0.2) is 22.9 Å². The van der Waals surface area contributed by atoms with Crippen molar-refractivity contribution in [3.63, 3.8) is 0 Å². The molecule has 19 heavy (non-hydrogen) atoms. The summed E-state index contributed by atoms with van der Waals surface area (Å²) in [6.07, 6.45) is -0.784. The van der Waals surface area contributed by atoms with Crippen molar-refractivity contribution in [2.24, 2.45) is 5.92 Å². The topological polar surface area (TPSA) is 66.4 Å². The molecule has 0 aliphatic heterocycles. The fourth-order valence-electron chi connectivity index (χ4n) is 1.95. The van der Waals surface area contributed by atoms with E-state index < -0.39 is 30.7 Å². The zero-order chi connectivity index (χ0) is 14.0. The molecule has 1 aliphatic carbocycles. The number of amides is 1. The summed E-state index contributed by atoms with van der Waals surface area (Å²) >= 11 is 0. The molecule has 0 radical (unpaired) electrons. The molecule has 1 aromatic carbocycles. The molecule has 4 nitrogen and oxygen atoms in total. The monoisotopic (exact) mass is 269 g/mol. The van der Waals surface area contributed by atoms with E-state index >= 15 is 0 Å². The van der Waals surface area contributed by atoms with Crippen molar-refractivity contribution >= 4 is 11.9 Å². The molecule has 102 valence electrons. The number of carbonyl (C=O) groups excluding carboxylic acids is 1. The van der Waals surface area contributed by atoms with Gasteiger partial charge in [0.15, 0.2) is 0 Å². The smallest absolute Gasteiger partial charge is 0.335 e. The van der Waals surface area contributed by atoms with Crippen LogP contribution in [0.1, 0.15) is 28.8 Å². The molecule has 6 heteroatoms. The first-order chi connectivity index (χ1) is 8.87. The Hall–Kier alpha value is -1.98. The lowest BCUT2D eigenvalue weighted by atomic mass is 9.81. The van der Waals surface area contributed by atoms with Crippen molar-refractivity contribution in [2.75, 3.05) is 0 Å². The van der Waals surface area contributed by atoms with Gasteiger partial charge in [-0.25, -0.2) is 13.6 Å². The summed E-state index contributed by atoms with van der Waals surface area (Å²) in [5.74, 6) is -4.72. The first-order valence-electron chi connectivity index (χ1n) is 5.85. The Morgan fingerprint density at radius 3 is 2.32 bits per heavy atom. The molecule has 0 bridgehead atoms. The van der Waals surface area contributed by atoms with Gasteiger partial charge < -0.3 is 10.4 Å². The lowest BCUT2D eigenvalue weighted by Gasteiger charge is -2.33. The van der Waals surface area contributed by atoms with E-state index in [1.165, 1.54) is 12.1 Å². The molecule has 0 unspecified atom stereocenters. The van der Waals surface area contributed by atoms with Gasteiger partial charge in [0.05, 0.1) is 5.56 Å². The van der Waals surface area contributed by atoms with Crippen LogP contribution in [0.3, 0.4) is 0 Å². The fraction of sp³-hybridized carbons (Fsp3) is 0.385. The normalized spacial score (nSPS) is 17.6. The lowest BCUT2D eigenvalue weighted by Crippen LogP contribution is -2.44. The third-order valence-corrected chi connectivity index (χ3v) is 3.13. The molecule has 0 atom stereocenters. The Balaban J connectivity index is 1.82. The highest BCUT2D eigenvalue weighted by molar-refractivity contribution is 5.87. The molecule has 0 spiro atoms. The SMILES string of the molecule is O=C(O)c1ccc(CNC(=O)C2CC(F)(F)C2)cc1. The average molecular weight is 269 g/mol. The Morgan fingerprint density at radius 1 is 1.26 bits per heavy atom. The zero-order valence-corrected chi connectivity index (χ0v) is 10.0. The van der Waals surface area contributed by atoms with Crippen molar-refractivity contribution in [3.05, 3.63) is 35.4 Å². The number of aromatic carboxylic acids is 1. The number of rotatable bonds is 4. The van der Waals surface area contributed by atoms with E-state index in [0.717, 1.165) is 5.56 Å². The average Bonchev–Trinajstić information content (AvgIpc) is 2.33. The van der Waals surface area contributed by atoms with Crippen LogP contribution in [0.25, 0.3) is 0 Å². The Bertz CT molecular complexity index is 491. The number of nitrogens with one attached hydrogen (secondary N) is 1. The third-order valence-electron chi connectivity index (χ3n) is 3.13. The highest BCUT2D eigenvalue weighted by atomic mass is 19.3. The summed E-state index contributed by atoms with van der Waals surface area (Å²) < 4.78 is 25.2. The minimum absolute atomic E-state index is 0.161. The van der Waals surface area contributed by atoms with E-state index in [9.17, 15) is 18.4 Å². The van der Waals surface area contributed by atoms with E-state index in [1.807, 2.05) is 0 Å². The predicted molar refractivity (Wildman–Crippen MR) is 62.9 cm³/mol. The van der Waals surface area contributed by atoms with E-state index in [1.54, 1.807) is 12.1 Å². The molecule has 0 saturated heterocycles. The molecule has 2 N–H and O–H groups in total. The maximum absolute atomic E-state index is 12.6. The lowest BCUT2D eigenvalue weighted by molar-refractivity contribution is -0.150. The van der Waals surface area contributed by atoms with Crippen molar-refractivity contribution in [1.29, 1.82) is 0 Å². The van der Waals surface area contributed by atoms with E-state index in [4.69, 9.17) is 5.11 Å². The van der Waals surface area contributed by atoms with Crippen molar-refractivity contribution < 1.29 is 23.5 Å². The fourth-order valence-corrected chi connectivity index (χ4v) is 1.95. The minimum atomic E-state index is -2.70. The first-order valence-corrected chi connectivity index (χ1v) is 5.85. The van der Waals surface area contributed by atoms with Gasteiger partial charge in [0.1, 0.15) is 0 Å². The molecule has 1 saturated carbocycles. The molecular weight excluding hydrogens is 256 g/mol. The standard InChI is InChI=1S/C13H13F2NO3/c14-13(15)5-10(6-13)11(17)16-7-8-1-3-9(4-2-8)12(18)19/h1-4,10H,5-7H2,(H,16,17)(H,18,19). The van der Waals surface area contributed by atoms with Gasteiger partial charge in [0.2, 0.25) is 11.8 Å². The summed E-state index contributed by atoms with van der Waals surface area (Å²) in [6, 6.07) is 6.03. The molecule has 2 rings (SSSR count). The number of benzene rings is 1. The predicted octanol–water partition coefficient (Wildman–Crippen LogP) is 2.05. The van der Waals surface area contributed by atoms with Gasteiger partial charge >= 0.3 is 5.97 Å². The van der Waals surface area contributed by atoms with Crippen LogP contribution in [0.15, 0.2) is 24.3 Å². The van der Waals surface area contributed by atoms with Crippen molar-refractivity contribution in [3.8, 4) is 0 Å². The molecule has 1 aromatic rings. The van der Waals surface area contributed by atoms with E-state index in [-0.39, 0.29) is 18.0 Å². The van der Waals surface area contributed by atoms with E-state index in [2.05, 4.69) is 5.32 Å². The summed E-state index contributed by atoms with van der Waals surface area (Å²) in [5.41, 5.74) is 0.887. The highest BCUT2D eigenvalue weighted by Crippen LogP contribution is 2.42. The number of carboxylic acids is 1. The van der Waals surface area contributed by atoms with Gasteiger partial charge in [-0.2, -0.15) is 0 Å². The molecule has 0 aromatic heterocycles. The van der Waals surface area contributed by atoms with Crippen LogP contribution in [0.5, 0.6) is 0 Å². The highest BCUT2D eigenvalue weighted by Gasteiger charge is 2.48. The van der Waals surface area contributed by atoms with Crippen LogP contribution < -0.4 is 5.32 Å². The van der Waals surface area contributed by atoms with Crippen LogP contribution in [0, 0.1) is 5.92 Å². The largest absolute Gasteiger partial charge is 0.478 e. The summed E-state index contributed by atoms with van der Waals surface area (Å²) in [5, 5.41) is 11.3. The first kappa shape index (κ1) is 13.5. The summed E-state index contributed by atoms with van der Waals surface area (Å²) in [7, 11) is 0. The number of alkyl halides is 2. The van der Waals surface area contributed by atoms with Gasteiger partial charge in [-0.05, 0) is 17.7 Å². The number of hydrogen-bond acceptors (Lipinski definition) is 2. The van der Waals surface area contributed by atoms with Crippen LogP contribution >= 0.6 is 0 Å². The molecule has 1 aliphatic rings. The number of hydrogen-bond donors (Lipinski definition) is 2. The van der Waals surface area contributed by atoms with Crippen LogP contribution in [0.2, 0.25) is 0 Å². The second kappa shape index (κ2) is 4.95. The van der Waals surface area contributed by atoms with Crippen LogP contribution in [-0.2, 0) is 11.3 Å². The van der Waals surface area contributed by atoms with Crippen molar-refractivity contribution in [2.45, 2.75) is 25.3 Å². The molecular formula is C13H13F2NO3. The Morgan fingerprint density at radius 2 is 1.84 bits per heavy atom. The maximum atomic E-state index is 12.6. The zero-order valence-electron chi connectivity index (χ0n) is 10.0. The second-order valence-corrected chi connectivity index (χ2v) is 4.68. The second-order valence-electron chi connectivity index (χ2n) is 4.68. The number of carboxylic acid groups (broad SMARTS) is 1. The summed E-state index contributed by atoms with van der Waals surface area (Å²) in [4.78, 5) is 22.2.